The van der Waals surface area contributed by atoms with Crippen molar-refractivity contribution in [3.8, 4) is 5.75 Å². The van der Waals surface area contributed by atoms with Gasteiger partial charge in [0.2, 0.25) is 10.0 Å². The van der Waals surface area contributed by atoms with Crippen LogP contribution in [0.1, 0.15) is 43.6 Å². The van der Waals surface area contributed by atoms with Crippen molar-refractivity contribution in [2.24, 2.45) is 0 Å². The van der Waals surface area contributed by atoms with E-state index < -0.39 is 33.5 Å². The van der Waals surface area contributed by atoms with E-state index in [1.165, 1.54) is 38.3 Å². The molecular formula is C22H27ClN2O6S. The Morgan fingerprint density at radius 1 is 1.09 bits per heavy atom. The van der Waals surface area contributed by atoms with E-state index in [0.29, 0.717) is 16.5 Å². The summed E-state index contributed by atoms with van der Waals surface area (Å²) in [6.45, 7) is 8.38. The summed E-state index contributed by atoms with van der Waals surface area (Å²) < 4.78 is 37.7. The molecule has 2 aromatic carbocycles. The fourth-order valence-corrected chi connectivity index (χ4v) is 4.25. The van der Waals surface area contributed by atoms with Gasteiger partial charge in [0, 0.05) is 16.6 Å². The summed E-state index contributed by atoms with van der Waals surface area (Å²) >= 11 is 6.07. The third-order valence-corrected chi connectivity index (χ3v) is 6.41. The summed E-state index contributed by atoms with van der Waals surface area (Å²) in [6, 6.07) is 8.49. The third kappa shape index (κ3) is 6.69. The Kier molecular flexibility index (Phi) is 7.92. The number of carbonyl (C=O) groups excluding carboxylic acids is 2. The Bertz CT molecular complexity index is 1110. The number of amides is 1. The Balaban J connectivity index is 2.08. The van der Waals surface area contributed by atoms with Crippen molar-refractivity contribution >= 4 is 39.2 Å². The molecule has 0 saturated heterocycles. The van der Waals surface area contributed by atoms with E-state index in [1.54, 1.807) is 39.8 Å². The molecule has 1 atom stereocenters. The first-order valence-corrected chi connectivity index (χ1v) is 11.6. The SMILES string of the molecule is COc1cc(Cl)c(C)cc1NC(=O)C(C)OC(=O)c1ccc(S(=O)(=O)NC(C)(C)C)cc1. The number of methoxy groups -OCH3 is 1. The minimum atomic E-state index is -3.73. The van der Waals surface area contributed by atoms with Crippen LogP contribution >= 0.6 is 11.6 Å². The van der Waals surface area contributed by atoms with E-state index in [4.69, 9.17) is 21.1 Å². The number of sulfonamides is 1. The van der Waals surface area contributed by atoms with Crippen molar-refractivity contribution in [1.29, 1.82) is 0 Å². The number of hydrogen-bond acceptors (Lipinski definition) is 6. The molecule has 0 fully saturated rings. The van der Waals surface area contributed by atoms with E-state index in [0.717, 1.165) is 5.56 Å². The molecule has 0 aliphatic heterocycles. The van der Waals surface area contributed by atoms with Gasteiger partial charge in [0.15, 0.2) is 6.10 Å². The zero-order valence-corrected chi connectivity index (χ0v) is 20.3. The van der Waals surface area contributed by atoms with Crippen molar-refractivity contribution in [3.05, 3.63) is 52.5 Å². The predicted molar refractivity (Wildman–Crippen MR) is 123 cm³/mol. The van der Waals surface area contributed by atoms with Crippen LogP contribution in [0.25, 0.3) is 0 Å². The molecule has 174 valence electrons. The second-order valence-electron chi connectivity index (χ2n) is 8.22. The molecule has 0 radical (unpaired) electrons. The number of esters is 1. The number of hydrogen-bond donors (Lipinski definition) is 2. The molecule has 2 rings (SSSR count). The first-order chi connectivity index (χ1) is 14.7. The van der Waals surface area contributed by atoms with Crippen molar-refractivity contribution in [3.63, 3.8) is 0 Å². The molecule has 0 aliphatic rings. The van der Waals surface area contributed by atoms with Crippen LogP contribution in [0.4, 0.5) is 5.69 Å². The molecule has 1 unspecified atom stereocenters. The average Bonchev–Trinajstić information content (AvgIpc) is 2.68. The van der Waals surface area contributed by atoms with Crippen LogP contribution in [-0.2, 0) is 19.6 Å². The van der Waals surface area contributed by atoms with Gasteiger partial charge in [0.1, 0.15) is 5.75 Å². The number of rotatable bonds is 7. The van der Waals surface area contributed by atoms with Gasteiger partial charge in [0.05, 0.1) is 23.3 Å². The number of anilines is 1. The van der Waals surface area contributed by atoms with Gasteiger partial charge in [-0.25, -0.2) is 17.9 Å². The summed E-state index contributed by atoms with van der Waals surface area (Å²) in [7, 11) is -2.29. The largest absolute Gasteiger partial charge is 0.495 e. The monoisotopic (exact) mass is 482 g/mol. The Morgan fingerprint density at radius 3 is 2.22 bits per heavy atom. The zero-order valence-electron chi connectivity index (χ0n) is 18.8. The maximum Gasteiger partial charge on any atom is 0.338 e. The lowest BCUT2D eigenvalue weighted by Gasteiger charge is -2.20. The Hall–Kier alpha value is -2.62. The number of aryl methyl sites for hydroxylation is 1. The van der Waals surface area contributed by atoms with Gasteiger partial charge in [-0.05, 0) is 70.5 Å². The van der Waals surface area contributed by atoms with Crippen molar-refractivity contribution in [2.45, 2.75) is 51.2 Å². The molecule has 0 aromatic heterocycles. The van der Waals surface area contributed by atoms with Gasteiger partial charge in [-0.15, -0.1) is 0 Å². The molecule has 0 aliphatic carbocycles. The average molecular weight is 483 g/mol. The number of nitrogens with one attached hydrogen (secondary N) is 2. The Labute approximate surface area is 193 Å². The molecule has 32 heavy (non-hydrogen) atoms. The highest BCUT2D eigenvalue weighted by Crippen LogP contribution is 2.31. The molecule has 10 heteroatoms. The minimum absolute atomic E-state index is 0.0139. The van der Waals surface area contributed by atoms with Gasteiger partial charge in [-0.1, -0.05) is 11.6 Å². The topological polar surface area (TPSA) is 111 Å². The molecule has 0 bridgehead atoms. The molecule has 2 N–H and O–H groups in total. The van der Waals surface area contributed by atoms with Crippen molar-refractivity contribution in [1.82, 2.24) is 4.72 Å². The van der Waals surface area contributed by atoms with E-state index in [9.17, 15) is 18.0 Å². The van der Waals surface area contributed by atoms with Crippen LogP contribution in [-0.4, -0.2) is 39.0 Å². The molecule has 0 heterocycles. The number of carbonyl (C=O) groups is 2. The highest BCUT2D eigenvalue weighted by atomic mass is 35.5. The van der Waals surface area contributed by atoms with Crippen molar-refractivity contribution in [2.75, 3.05) is 12.4 Å². The highest BCUT2D eigenvalue weighted by Gasteiger charge is 2.24. The molecule has 0 spiro atoms. The minimum Gasteiger partial charge on any atom is -0.495 e. The maximum atomic E-state index is 12.5. The quantitative estimate of drug-likeness (QED) is 0.578. The maximum absolute atomic E-state index is 12.5. The summed E-state index contributed by atoms with van der Waals surface area (Å²) in [6.07, 6.45) is -1.12. The van der Waals surface area contributed by atoms with Crippen LogP contribution in [0.2, 0.25) is 5.02 Å². The second-order valence-corrected chi connectivity index (χ2v) is 10.3. The van der Waals surface area contributed by atoms with Crippen LogP contribution in [0.15, 0.2) is 41.3 Å². The Morgan fingerprint density at radius 2 is 1.69 bits per heavy atom. The fraction of sp³-hybridized carbons (Fsp3) is 0.364. The summed E-state index contributed by atoms with van der Waals surface area (Å²) in [4.78, 5) is 24.9. The van der Waals surface area contributed by atoms with E-state index in [2.05, 4.69) is 10.0 Å². The van der Waals surface area contributed by atoms with Crippen LogP contribution in [0, 0.1) is 6.92 Å². The van der Waals surface area contributed by atoms with E-state index >= 15 is 0 Å². The molecule has 1 amide bonds. The summed E-state index contributed by atoms with van der Waals surface area (Å²) in [5.74, 6) is -0.959. The number of benzene rings is 2. The predicted octanol–water partition coefficient (Wildman–Crippen LogP) is 3.92. The zero-order chi connectivity index (χ0) is 24.3. The molecular weight excluding hydrogens is 456 g/mol. The van der Waals surface area contributed by atoms with Crippen LogP contribution in [0.3, 0.4) is 0 Å². The van der Waals surface area contributed by atoms with Crippen molar-refractivity contribution < 1.29 is 27.5 Å². The molecule has 8 nitrogen and oxygen atoms in total. The van der Waals surface area contributed by atoms with Crippen LogP contribution in [0.5, 0.6) is 5.75 Å². The summed E-state index contributed by atoms with van der Waals surface area (Å²) in [5, 5.41) is 3.14. The second kappa shape index (κ2) is 9.89. The molecule has 0 saturated carbocycles. The van der Waals surface area contributed by atoms with E-state index in [-0.39, 0.29) is 10.5 Å². The number of ether oxygens (including phenoxy) is 2. The standard InChI is InChI=1S/C22H27ClN2O6S/c1-13-11-18(19(30-6)12-17(13)23)24-20(26)14(2)31-21(27)15-7-9-16(10-8-15)32(28,29)25-22(3,4)5/h7-12,14,25H,1-6H3,(H,24,26). The van der Waals surface area contributed by atoms with E-state index in [1.807, 2.05) is 0 Å². The first kappa shape index (κ1) is 25.6. The van der Waals surface area contributed by atoms with Gasteiger partial charge < -0.3 is 14.8 Å². The smallest absolute Gasteiger partial charge is 0.338 e. The van der Waals surface area contributed by atoms with Gasteiger partial charge in [-0.3, -0.25) is 4.79 Å². The highest BCUT2D eigenvalue weighted by molar-refractivity contribution is 7.89. The normalized spacial score (nSPS) is 12.7. The lowest BCUT2D eigenvalue weighted by Crippen LogP contribution is -2.40. The summed E-state index contributed by atoms with van der Waals surface area (Å²) in [5.41, 5.74) is 0.593. The lowest BCUT2D eigenvalue weighted by atomic mass is 10.1. The third-order valence-electron chi connectivity index (χ3n) is 4.23. The molecule has 2 aromatic rings. The van der Waals surface area contributed by atoms with Gasteiger partial charge in [-0.2, -0.15) is 0 Å². The first-order valence-electron chi connectivity index (χ1n) is 9.73. The fourth-order valence-electron chi connectivity index (χ4n) is 2.68. The van der Waals surface area contributed by atoms with Gasteiger partial charge in [0.25, 0.3) is 5.91 Å². The van der Waals surface area contributed by atoms with Gasteiger partial charge >= 0.3 is 5.97 Å². The van der Waals surface area contributed by atoms with Crippen LogP contribution < -0.4 is 14.8 Å². The lowest BCUT2D eigenvalue weighted by molar-refractivity contribution is -0.123. The number of halogens is 1.